The number of rotatable bonds is 6. The number of carboxylic acid groups (broad SMARTS) is 1. The SMILES string of the molecule is Fc1cc(-c2nc(Nc3ccc(-n4cnc(-c5ccccn5)n4)cc3)ncc2F)cc(N2CCOCC2)c1.O=C(O)C(F)(F)F. The Morgan fingerprint density at radius 3 is 2.33 bits per heavy atom. The number of hydrogen-bond acceptors (Lipinski definition) is 9. The van der Waals surface area contributed by atoms with E-state index in [0.717, 1.165) is 11.9 Å². The number of ether oxygens (including phenoxy) is 1. The highest BCUT2D eigenvalue weighted by atomic mass is 19.4. The van der Waals surface area contributed by atoms with Crippen LogP contribution < -0.4 is 10.2 Å². The quantitative estimate of drug-likeness (QED) is 0.240. The van der Waals surface area contributed by atoms with Crippen LogP contribution in [-0.4, -0.2) is 73.3 Å². The first kappa shape index (κ1) is 30.9. The standard InChI is InChI=1S/C27H22F2N8O.C2HF3O2/c28-19-13-18(14-22(15-19)36-9-11-38-12-10-36)25-23(29)16-31-27(34-25)33-20-4-6-21(7-5-20)37-17-32-26(35-37)24-3-1-2-8-30-24;3-2(4,5)1(6)7/h1-8,13-17H,9-12H2,(H,31,33,34);(H,6,7). The van der Waals surface area contributed by atoms with Crippen molar-refractivity contribution in [1.82, 2.24) is 29.7 Å². The van der Waals surface area contributed by atoms with Crippen LogP contribution in [0, 0.1) is 11.6 Å². The van der Waals surface area contributed by atoms with Crippen molar-refractivity contribution < 1.29 is 36.6 Å². The average Bonchev–Trinajstić information content (AvgIpc) is 3.53. The van der Waals surface area contributed by atoms with Gasteiger partial charge in [-0.3, -0.25) is 4.98 Å². The summed E-state index contributed by atoms with van der Waals surface area (Å²) in [4.78, 5) is 27.9. The van der Waals surface area contributed by atoms with Crippen molar-refractivity contribution in [2.24, 2.45) is 0 Å². The number of morpholine rings is 1. The van der Waals surface area contributed by atoms with E-state index in [4.69, 9.17) is 14.6 Å². The fourth-order valence-electron chi connectivity index (χ4n) is 4.17. The van der Waals surface area contributed by atoms with E-state index in [1.54, 1.807) is 23.3 Å². The zero-order valence-electron chi connectivity index (χ0n) is 23.1. The summed E-state index contributed by atoms with van der Waals surface area (Å²) in [5, 5.41) is 14.7. The Balaban J connectivity index is 0.000000515. The molecule has 16 heteroatoms. The Hall–Kier alpha value is -5.51. The smallest absolute Gasteiger partial charge is 0.475 e. The van der Waals surface area contributed by atoms with Gasteiger partial charge in [0, 0.05) is 36.2 Å². The fraction of sp³-hybridized carbons (Fsp3) is 0.172. The number of nitrogens with zero attached hydrogens (tertiary/aromatic N) is 7. The van der Waals surface area contributed by atoms with Gasteiger partial charge < -0.3 is 20.1 Å². The molecule has 232 valence electrons. The van der Waals surface area contributed by atoms with Gasteiger partial charge in [0.25, 0.3) is 0 Å². The number of nitrogens with one attached hydrogen (secondary N) is 1. The van der Waals surface area contributed by atoms with Gasteiger partial charge >= 0.3 is 12.1 Å². The average molecular weight is 627 g/mol. The summed E-state index contributed by atoms with van der Waals surface area (Å²) in [6, 6.07) is 17.3. The maximum absolute atomic E-state index is 14.7. The summed E-state index contributed by atoms with van der Waals surface area (Å²) < 4.78 is 68.0. The zero-order valence-corrected chi connectivity index (χ0v) is 23.1. The minimum atomic E-state index is -5.08. The Kier molecular flexibility index (Phi) is 9.22. The molecule has 6 rings (SSSR count). The van der Waals surface area contributed by atoms with Gasteiger partial charge in [0.1, 0.15) is 23.5 Å². The number of pyridine rings is 1. The largest absolute Gasteiger partial charge is 0.490 e. The van der Waals surface area contributed by atoms with Gasteiger partial charge in [0.15, 0.2) is 11.6 Å². The van der Waals surface area contributed by atoms with Crippen LogP contribution in [0.4, 0.5) is 39.3 Å². The molecular formula is C29H23F5N8O3. The third-order valence-electron chi connectivity index (χ3n) is 6.29. The lowest BCUT2D eigenvalue weighted by atomic mass is 10.1. The molecule has 0 atom stereocenters. The fourth-order valence-corrected chi connectivity index (χ4v) is 4.17. The number of benzene rings is 2. The Labute approximate surface area is 252 Å². The van der Waals surface area contributed by atoms with E-state index in [0.29, 0.717) is 54.8 Å². The van der Waals surface area contributed by atoms with Crippen LogP contribution in [-0.2, 0) is 9.53 Å². The molecule has 1 aliphatic rings. The number of hydrogen-bond donors (Lipinski definition) is 2. The molecule has 5 aromatic rings. The number of aliphatic carboxylic acids is 1. The van der Waals surface area contributed by atoms with Crippen molar-refractivity contribution in [3.8, 4) is 28.5 Å². The second-order valence-electron chi connectivity index (χ2n) is 9.39. The number of carboxylic acids is 1. The van der Waals surface area contributed by atoms with Crippen molar-refractivity contribution in [3.63, 3.8) is 0 Å². The highest BCUT2D eigenvalue weighted by molar-refractivity contribution is 5.73. The number of aromatic nitrogens is 6. The molecule has 1 saturated heterocycles. The summed E-state index contributed by atoms with van der Waals surface area (Å²) in [6.45, 7) is 2.39. The topological polar surface area (TPSA) is 131 Å². The van der Waals surface area contributed by atoms with E-state index in [1.807, 2.05) is 47.4 Å². The summed E-state index contributed by atoms with van der Waals surface area (Å²) in [5.41, 5.74) is 3.17. The van der Waals surface area contributed by atoms with Gasteiger partial charge in [-0.05, 0) is 54.6 Å². The van der Waals surface area contributed by atoms with Crippen molar-refractivity contribution in [3.05, 3.63) is 91.0 Å². The number of halogens is 5. The highest BCUT2D eigenvalue weighted by Gasteiger charge is 2.38. The van der Waals surface area contributed by atoms with Crippen LogP contribution in [0.1, 0.15) is 0 Å². The van der Waals surface area contributed by atoms with Crippen molar-refractivity contribution in [2.75, 3.05) is 36.5 Å². The summed E-state index contributed by atoms with van der Waals surface area (Å²) in [5.74, 6) is -3.16. The lowest BCUT2D eigenvalue weighted by Gasteiger charge is -2.29. The van der Waals surface area contributed by atoms with Gasteiger partial charge in [-0.15, -0.1) is 5.10 Å². The third-order valence-corrected chi connectivity index (χ3v) is 6.29. The summed E-state index contributed by atoms with van der Waals surface area (Å²) in [6.07, 6.45) is -0.699. The molecule has 2 N–H and O–H groups in total. The maximum atomic E-state index is 14.7. The predicted molar refractivity (Wildman–Crippen MR) is 152 cm³/mol. The highest BCUT2D eigenvalue weighted by Crippen LogP contribution is 2.29. The first-order chi connectivity index (χ1) is 21.6. The molecule has 3 aromatic heterocycles. The monoisotopic (exact) mass is 626 g/mol. The Morgan fingerprint density at radius 1 is 0.933 bits per heavy atom. The predicted octanol–water partition coefficient (Wildman–Crippen LogP) is 5.28. The summed E-state index contributed by atoms with van der Waals surface area (Å²) in [7, 11) is 0. The number of carbonyl (C=O) groups is 1. The second-order valence-corrected chi connectivity index (χ2v) is 9.39. The third kappa shape index (κ3) is 7.91. The van der Waals surface area contributed by atoms with Crippen molar-refractivity contribution >= 4 is 23.3 Å². The molecule has 1 aliphatic heterocycles. The molecular weight excluding hydrogens is 603 g/mol. The lowest BCUT2D eigenvalue weighted by molar-refractivity contribution is -0.192. The Morgan fingerprint density at radius 2 is 1.67 bits per heavy atom. The van der Waals surface area contributed by atoms with Crippen LogP contribution in [0.2, 0.25) is 0 Å². The minimum Gasteiger partial charge on any atom is -0.475 e. The number of anilines is 3. The first-order valence-electron chi connectivity index (χ1n) is 13.2. The van der Waals surface area contributed by atoms with E-state index < -0.39 is 23.8 Å². The molecule has 2 aromatic carbocycles. The van der Waals surface area contributed by atoms with Crippen LogP contribution in [0.25, 0.3) is 28.5 Å². The maximum Gasteiger partial charge on any atom is 0.490 e. The molecule has 0 unspecified atom stereocenters. The molecule has 1 fully saturated rings. The van der Waals surface area contributed by atoms with E-state index in [9.17, 15) is 22.0 Å². The zero-order chi connectivity index (χ0) is 32.0. The molecule has 0 spiro atoms. The van der Waals surface area contributed by atoms with Crippen molar-refractivity contribution in [1.29, 1.82) is 0 Å². The van der Waals surface area contributed by atoms with Crippen LogP contribution in [0.15, 0.2) is 79.4 Å². The molecule has 0 saturated carbocycles. The molecule has 45 heavy (non-hydrogen) atoms. The molecule has 0 aliphatic carbocycles. The van der Waals surface area contributed by atoms with E-state index in [2.05, 4.69) is 30.4 Å². The van der Waals surface area contributed by atoms with Crippen molar-refractivity contribution in [2.45, 2.75) is 6.18 Å². The summed E-state index contributed by atoms with van der Waals surface area (Å²) >= 11 is 0. The van der Waals surface area contributed by atoms with Gasteiger partial charge in [-0.1, -0.05) is 6.07 Å². The molecule has 0 radical (unpaired) electrons. The normalized spacial score (nSPS) is 13.1. The molecule has 0 bridgehead atoms. The van der Waals surface area contributed by atoms with E-state index in [-0.39, 0.29) is 11.6 Å². The molecule has 0 amide bonds. The molecule has 4 heterocycles. The van der Waals surface area contributed by atoms with Gasteiger partial charge in [0.2, 0.25) is 5.95 Å². The van der Waals surface area contributed by atoms with E-state index >= 15 is 0 Å². The van der Waals surface area contributed by atoms with Crippen LogP contribution >= 0.6 is 0 Å². The van der Waals surface area contributed by atoms with Crippen LogP contribution in [0.3, 0.4) is 0 Å². The van der Waals surface area contributed by atoms with Gasteiger partial charge in [0.05, 0.1) is 25.1 Å². The first-order valence-corrected chi connectivity index (χ1v) is 13.2. The minimum absolute atomic E-state index is 0.0118. The number of alkyl halides is 3. The lowest BCUT2D eigenvalue weighted by Crippen LogP contribution is -2.36. The molecule has 11 nitrogen and oxygen atoms in total. The van der Waals surface area contributed by atoms with Crippen LogP contribution in [0.5, 0.6) is 0 Å². The van der Waals surface area contributed by atoms with E-state index in [1.165, 1.54) is 12.1 Å². The Bertz CT molecular complexity index is 1760. The van der Waals surface area contributed by atoms with Gasteiger partial charge in [-0.2, -0.15) is 13.2 Å². The second kappa shape index (κ2) is 13.4. The van der Waals surface area contributed by atoms with Gasteiger partial charge in [-0.25, -0.2) is 33.2 Å².